The molecule has 0 spiro atoms. The minimum absolute atomic E-state index is 0.00967. The lowest BCUT2D eigenvalue weighted by molar-refractivity contribution is 0.325. The molecule has 0 bridgehead atoms. The van der Waals surface area contributed by atoms with E-state index in [9.17, 15) is 4.39 Å². The van der Waals surface area contributed by atoms with Gasteiger partial charge >= 0.3 is 0 Å². The molecular formula is C20H22FN7O. The van der Waals surface area contributed by atoms with Crippen LogP contribution >= 0.6 is 0 Å². The number of nitrogens with one attached hydrogen (secondary N) is 1. The Hall–Kier alpha value is -3.38. The van der Waals surface area contributed by atoms with Gasteiger partial charge in [0.1, 0.15) is 23.8 Å². The quantitative estimate of drug-likeness (QED) is 0.648. The molecule has 3 aromatic heterocycles. The maximum absolute atomic E-state index is 14.2. The second kappa shape index (κ2) is 7.93. The van der Waals surface area contributed by atoms with Gasteiger partial charge in [0.05, 0.1) is 18.7 Å². The highest BCUT2D eigenvalue weighted by Gasteiger charge is 2.21. The molecule has 0 aliphatic rings. The molecule has 0 aromatic carbocycles. The van der Waals surface area contributed by atoms with Crippen LogP contribution in [0.5, 0.6) is 5.88 Å². The minimum atomic E-state index is -1.37. The number of hydrogen-bond acceptors (Lipinski definition) is 8. The number of anilines is 2. The molecule has 0 radical (unpaired) electrons. The Labute approximate surface area is 168 Å². The first-order valence-electron chi connectivity index (χ1n) is 9.08. The molecule has 1 atom stereocenters. The van der Waals surface area contributed by atoms with E-state index in [0.717, 1.165) is 16.3 Å². The second-order valence-corrected chi connectivity index (χ2v) is 7.12. The number of pyridine rings is 2. The Bertz CT molecular complexity index is 1090. The standard InChI is InChI=1S/C20H22FN7O/c1-5-14(21)18-15(7-22)24-10-17(28-18)27-16-6-11-12(8-25-16)19(29-4)26-9-13(11)20(2,3)23/h6,8-10,14H,5,23H2,1-4H3,(H,25,27,28)/t14-/m0/s1. The van der Waals surface area contributed by atoms with E-state index in [2.05, 4.69) is 25.3 Å². The van der Waals surface area contributed by atoms with E-state index in [0.29, 0.717) is 11.7 Å². The van der Waals surface area contributed by atoms with Crippen molar-refractivity contribution >= 4 is 22.4 Å². The van der Waals surface area contributed by atoms with Gasteiger partial charge in [0.2, 0.25) is 5.88 Å². The van der Waals surface area contributed by atoms with E-state index in [1.165, 1.54) is 13.3 Å². The molecule has 0 aliphatic heterocycles. The highest BCUT2D eigenvalue weighted by Crippen LogP contribution is 2.32. The summed E-state index contributed by atoms with van der Waals surface area (Å²) in [6, 6.07) is 3.67. The summed E-state index contributed by atoms with van der Waals surface area (Å²) in [4.78, 5) is 16.9. The fourth-order valence-corrected chi connectivity index (χ4v) is 2.95. The third kappa shape index (κ3) is 4.07. The van der Waals surface area contributed by atoms with E-state index >= 15 is 0 Å². The number of aromatic nitrogens is 4. The molecule has 0 aliphatic carbocycles. The summed E-state index contributed by atoms with van der Waals surface area (Å²) in [6.45, 7) is 5.44. The Morgan fingerprint density at radius 2 is 1.97 bits per heavy atom. The van der Waals surface area contributed by atoms with E-state index in [1.807, 2.05) is 19.9 Å². The van der Waals surface area contributed by atoms with Crippen molar-refractivity contribution < 1.29 is 9.13 Å². The molecule has 150 valence electrons. The van der Waals surface area contributed by atoms with Crippen LogP contribution in [-0.2, 0) is 5.54 Å². The molecule has 0 amide bonds. The van der Waals surface area contributed by atoms with Crippen molar-refractivity contribution in [3.05, 3.63) is 41.6 Å². The van der Waals surface area contributed by atoms with Crippen LogP contribution in [0, 0.1) is 11.3 Å². The third-order valence-corrected chi connectivity index (χ3v) is 4.44. The SMILES string of the molecule is CC[C@H](F)c1nc(Nc2cc3c(C(C)(C)N)cnc(OC)c3cn2)cnc1C#N. The van der Waals surface area contributed by atoms with Gasteiger partial charge in [-0.1, -0.05) is 6.92 Å². The molecular weight excluding hydrogens is 373 g/mol. The maximum Gasteiger partial charge on any atom is 0.222 e. The minimum Gasteiger partial charge on any atom is -0.481 e. The number of nitriles is 1. The van der Waals surface area contributed by atoms with Crippen molar-refractivity contribution in [2.24, 2.45) is 5.73 Å². The van der Waals surface area contributed by atoms with Crippen LogP contribution in [0.4, 0.5) is 16.0 Å². The van der Waals surface area contributed by atoms with Gasteiger partial charge in [0.25, 0.3) is 0 Å². The largest absolute Gasteiger partial charge is 0.481 e. The van der Waals surface area contributed by atoms with Gasteiger partial charge in [-0.2, -0.15) is 5.26 Å². The van der Waals surface area contributed by atoms with Gasteiger partial charge in [0, 0.05) is 17.9 Å². The third-order valence-electron chi connectivity index (χ3n) is 4.44. The maximum atomic E-state index is 14.2. The van der Waals surface area contributed by atoms with Crippen molar-refractivity contribution in [2.45, 2.75) is 38.9 Å². The zero-order valence-corrected chi connectivity index (χ0v) is 16.7. The van der Waals surface area contributed by atoms with Crippen LogP contribution in [0.2, 0.25) is 0 Å². The van der Waals surface area contributed by atoms with Crippen LogP contribution in [0.3, 0.4) is 0 Å². The summed E-state index contributed by atoms with van der Waals surface area (Å²) in [5, 5.41) is 13.7. The van der Waals surface area contributed by atoms with Gasteiger partial charge in [-0.05, 0) is 37.3 Å². The van der Waals surface area contributed by atoms with Crippen molar-refractivity contribution in [1.29, 1.82) is 5.26 Å². The second-order valence-electron chi connectivity index (χ2n) is 7.12. The molecule has 3 heterocycles. The number of hydrogen-bond donors (Lipinski definition) is 2. The molecule has 8 nitrogen and oxygen atoms in total. The summed E-state index contributed by atoms with van der Waals surface area (Å²) in [5.74, 6) is 1.19. The van der Waals surface area contributed by atoms with Crippen LogP contribution in [0.25, 0.3) is 10.8 Å². The number of fused-ring (bicyclic) bond motifs is 1. The molecule has 9 heteroatoms. The van der Waals surface area contributed by atoms with Crippen LogP contribution in [0.1, 0.15) is 50.3 Å². The van der Waals surface area contributed by atoms with Gasteiger partial charge < -0.3 is 15.8 Å². The molecule has 0 fully saturated rings. The Morgan fingerprint density at radius 1 is 1.21 bits per heavy atom. The zero-order valence-electron chi connectivity index (χ0n) is 16.7. The smallest absolute Gasteiger partial charge is 0.222 e. The Morgan fingerprint density at radius 3 is 2.59 bits per heavy atom. The molecule has 0 unspecified atom stereocenters. The lowest BCUT2D eigenvalue weighted by Gasteiger charge is -2.22. The normalized spacial score (nSPS) is 12.4. The number of nitrogens with zero attached hydrogens (tertiary/aromatic N) is 5. The number of methoxy groups -OCH3 is 1. The van der Waals surface area contributed by atoms with Crippen molar-refractivity contribution in [1.82, 2.24) is 19.9 Å². The van der Waals surface area contributed by atoms with Gasteiger partial charge in [-0.3, -0.25) is 0 Å². The molecule has 3 N–H and O–H groups in total. The highest BCUT2D eigenvalue weighted by atomic mass is 19.1. The summed E-state index contributed by atoms with van der Waals surface area (Å²) in [7, 11) is 1.54. The first kappa shape index (κ1) is 20.4. The van der Waals surface area contributed by atoms with Crippen LogP contribution in [0.15, 0.2) is 24.7 Å². The summed E-state index contributed by atoms with van der Waals surface area (Å²) >= 11 is 0. The van der Waals surface area contributed by atoms with E-state index < -0.39 is 11.7 Å². The fraction of sp³-hybridized carbons (Fsp3) is 0.350. The number of ether oxygens (including phenoxy) is 1. The number of rotatable bonds is 6. The predicted octanol–water partition coefficient (Wildman–Crippen LogP) is 3.66. The highest BCUT2D eigenvalue weighted by molar-refractivity contribution is 5.91. The average molecular weight is 395 g/mol. The lowest BCUT2D eigenvalue weighted by atomic mass is 9.93. The van der Waals surface area contributed by atoms with Gasteiger partial charge in [-0.15, -0.1) is 0 Å². The fourth-order valence-electron chi connectivity index (χ4n) is 2.95. The molecule has 0 saturated carbocycles. The number of alkyl halides is 1. The first-order valence-corrected chi connectivity index (χ1v) is 9.08. The summed E-state index contributed by atoms with van der Waals surface area (Å²) in [5.41, 5.74) is 6.46. The van der Waals surface area contributed by atoms with E-state index in [4.69, 9.17) is 15.7 Å². The monoisotopic (exact) mass is 395 g/mol. The summed E-state index contributed by atoms with van der Waals surface area (Å²) in [6.07, 6.45) is 3.50. The Balaban J connectivity index is 2.07. The van der Waals surface area contributed by atoms with E-state index in [-0.39, 0.29) is 23.6 Å². The molecule has 0 saturated heterocycles. The molecule has 29 heavy (non-hydrogen) atoms. The lowest BCUT2D eigenvalue weighted by Crippen LogP contribution is -2.29. The van der Waals surface area contributed by atoms with E-state index in [1.54, 1.807) is 25.4 Å². The zero-order chi connectivity index (χ0) is 21.2. The average Bonchev–Trinajstić information content (AvgIpc) is 2.71. The van der Waals surface area contributed by atoms with Crippen molar-refractivity contribution in [3.8, 4) is 11.9 Å². The van der Waals surface area contributed by atoms with Gasteiger partial charge in [0.15, 0.2) is 11.5 Å². The van der Waals surface area contributed by atoms with Crippen molar-refractivity contribution in [2.75, 3.05) is 12.4 Å². The van der Waals surface area contributed by atoms with Gasteiger partial charge in [-0.25, -0.2) is 24.3 Å². The Kier molecular flexibility index (Phi) is 5.57. The first-order chi connectivity index (χ1) is 13.8. The van der Waals surface area contributed by atoms with Crippen LogP contribution in [-0.4, -0.2) is 27.0 Å². The number of halogens is 1. The number of nitrogens with two attached hydrogens (primary N) is 1. The predicted molar refractivity (Wildman–Crippen MR) is 107 cm³/mol. The molecule has 3 rings (SSSR count). The van der Waals surface area contributed by atoms with Crippen molar-refractivity contribution in [3.63, 3.8) is 0 Å². The topological polar surface area (TPSA) is 123 Å². The van der Waals surface area contributed by atoms with Crippen LogP contribution < -0.4 is 15.8 Å². The molecule has 3 aromatic rings. The summed E-state index contributed by atoms with van der Waals surface area (Å²) < 4.78 is 19.5.